The van der Waals surface area contributed by atoms with Crippen LogP contribution in [-0.2, 0) is 6.42 Å². The molecule has 2 aromatic rings. The van der Waals surface area contributed by atoms with Crippen LogP contribution < -0.4 is 10.6 Å². The lowest BCUT2D eigenvalue weighted by Gasteiger charge is -2.17. The SMILES string of the molecule is CCCc1cccc(C)c1Nc1ccccc1NC. The number of benzene rings is 2. The highest BCUT2D eigenvalue weighted by atomic mass is 14.9. The second-order valence-corrected chi connectivity index (χ2v) is 4.78. The van der Waals surface area contributed by atoms with E-state index in [1.54, 1.807) is 0 Å². The zero-order chi connectivity index (χ0) is 13.7. The molecule has 0 radical (unpaired) electrons. The molecule has 0 aliphatic rings. The molecular formula is C17H22N2. The van der Waals surface area contributed by atoms with Crippen molar-refractivity contribution in [1.29, 1.82) is 0 Å². The van der Waals surface area contributed by atoms with E-state index in [-0.39, 0.29) is 0 Å². The third-order valence-corrected chi connectivity index (χ3v) is 3.33. The van der Waals surface area contributed by atoms with Gasteiger partial charge in [0, 0.05) is 12.7 Å². The van der Waals surface area contributed by atoms with Crippen LogP contribution >= 0.6 is 0 Å². The number of rotatable bonds is 5. The molecule has 0 saturated carbocycles. The maximum Gasteiger partial charge on any atom is 0.0620 e. The molecule has 2 aromatic carbocycles. The van der Waals surface area contributed by atoms with Crippen molar-refractivity contribution < 1.29 is 0 Å². The molecule has 0 aromatic heterocycles. The van der Waals surface area contributed by atoms with Gasteiger partial charge in [0.1, 0.15) is 0 Å². The highest BCUT2D eigenvalue weighted by Crippen LogP contribution is 2.29. The van der Waals surface area contributed by atoms with Crippen LogP contribution in [0.2, 0.25) is 0 Å². The lowest BCUT2D eigenvalue weighted by molar-refractivity contribution is 0.922. The molecule has 2 nitrogen and oxygen atoms in total. The van der Waals surface area contributed by atoms with Crippen LogP contribution in [0.3, 0.4) is 0 Å². The van der Waals surface area contributed by atoms with E-state index in [0.29, 0.717) is 0 Å². The van der Waals surface area contributed by atoms with Crippen LogP contribution in [-0.4, -0.2) is 7.05 Å². The summed E-state index contributed by atoms with van der Waals surface area (Å²) in [6.45, 7) is 4.37. The van der Waals surface area contributed by atoms with Gasteiger partial charge in [-0.05, 0) is 36.6 Å². The molecule has 0 spiro atoms. The van der Waals surface area contributed by atoms with Crippen LogP contribution in [0.1, 0.15) is 24.5 Å². The summed E-state index contributed by atoms with van der Waals surface area (Å²) in [5.74, 6) is 0. The Bertz CT molecular complexity index is 547. The van der Waals surface area contributed by atoms with E-state index in [9.17, 15) is 0 Å². The summed E-state index contributed by atoms with van der Waals surface area (Å²) in [5.41, 5.74) is 6.15. The Hall–Kier alpha value is -1.96. The number of hydrogen-bond donors (Lipinski definition) is 2. The van der Waals surface area contributed by atoms with Crippen molar-refractivity contribution in [3.63, 3.8) is 0 Å². The molecule has 0 amide bonds. The van der Waals surface area contributed by atoms with Gasteiger partial charge in [0.2, 0.25) is 0 Å². The van der Waals surface area contributed by atoms with Gasteiger partial charge in [-0.1, -0.05) is 43.7 Å². The topological polar surface area (TPSA) is 24.1 Å². The van der Waals surface area contributed by atoms with E-state index in [2.05, 4.69) is 60.9 Å². The number of nitrogens with one attached hydrogen (secondary N) is 2. The van der Waals surface area contributed by atoms with Gasteiger partial charge >= 0.3 is 0 Å². The van der Waals surface area contributed by atoms with Crippen molar-refractivity contribution in [3.05, 3.63) is 53.6 Å². The second-order valence-electron chi connectivity index (χ2n) is 4.78. The fourth-order valence-electron chi connectivity index (χ4n) is 2.33. The van der Waals surface area contributed by atoms with Crippen molar-refractivity contribution in [2.24, 2.45) is 0 Å². The molecule has 0 saturated heterocycles. The quantitative estimate of drug-likeness (QED) is 0.805. The van der Waals surface area contributed by atoms with E-state index in [1.165, 1.54) is 16.8 Å². The zero-order valence-electron chi connectivity index (χ0n) is 12.0. The Morgan fingerprint density at radius 3 is 2.37 bits per heavy atom. The van der Waals surface area contributed by atoms with E-state index < -0.39 is 0 Å². The first kappa shape index (κ1) is 13.5. The van der Waals surface area contributed by atoms with Crippen LogP contribution in [0, 0.1) is 6.92 Å². The van der Waals surface area contributed by atoms with E-state index in [4.69, 9.17) is 0 Å². The minimum absolute atomic E-state index is 1.10. The number of para-hydroxylation sites is 3. The van der Waals surface area contributed by atoms with E-state index in [1.807, 2.05) is 13.1 Å². The molecule has 0 aliphatic carbocycles. The van der Waals surface area contributed by atoms with Gasteiger partial charge < -0.3 is 10.6 Å². The van der Waals surface area contributed by atoms with Crippen molar-refractivity contribution >= 4 is 17.1 Å². The summed E-state index contributed by atoms with van der Waals surface area (Å²) >= 11 is 0. The molecule has 2 N–H and O–H groups in total. The smallest absolute Gasteiger partial charge is 0.0620 e. The van der Waals surface area contributed by atoms with Crippen LogP contribution in [0.25, 0.3) is 0 Å². The van der Waals surface area contributed by atoms with Crippen molar-refractivity contribution in [1.82, 2.24) is 0 Å². The molecule has 0 bridgehead atoms. The average Bonchev–Trinajstić information content (AvgIpc) is 2.43. The molecule has 0 aliphatic heterocycles. The zero-order valence-corrected chi connectivity index (χ0v) is 12.0. The summed E-state index contributed by atoms with van der Waals surface area (Å²) in [7, 11) is 1.95. The molecular weight excluding hydrogens is 232 g/mol. The van der Waals surface area contributed by atoms with Crippen LogP contribution in [0.15, 0.2) is 42.5 Å². The normalized spacial score (nSPS) is 10.3. The van der Waals surface area contributed by atoms with Crippen molar-refractivity contribution in [3.8, 4) is 0 Å². The molecule has 0 atom stereocenters. The van der Waals surface area contributed by atoms with Gasteiger partial charge in [-0.3, -0.25) is 0 Å². The Morgan fingerprint density at radius 2 is 1.68 bits per heavy atom. The maximum absolute atomic E-state index is 3.58. The largest absolute Gasteiger partial charge is 0.386 e. The molecule has 19 heavy (non-hydrogen) atoms. The summed E-state index contributed by atoms with van der Waals surface area (Å²) in [5, 5.41) is 6.81. The second kappa shape index (κ2) is 6.28. The first-order valence-corrected chi connectivity index (χ1v) is 6.88. The predicted molar refractivity (Wildman–Crippen MR) is 84.4 cm³/mol. The number of hydrogen-bond acceptors (Lipinski definition) is 2. The molecule has 100 valence electrons. The maximum atomic E-state index is 3.58. The molecule has 2 heteroatoms. The minimum atomic E-state index is 1.10. The first-order valence-electron chi connectivity index (χ1n) is 6.88. The third-order valence-electron chi connectivity index (χ3n) is 3.33. The highest BCUT2D eigenvalue weighted by Gasteiger charge is 2.07. The Morgan fingerprint density at radius 1 is 0.947 bits per heavy atom. The highest BCUT2D eigenvalue weighted by molar-refractivity contribution is 5.76. The van der Waals surface area contributed by atoms with E-state index >= 15 is 0 Å². The van der Waals surface area contributed by atoms with Gasteiger partial charge in [0.05, 0.1) is 11.4 Å². The molecule has 0 fully saturated rings. The van der Waals surface area contributed by atoms with Crippen LogP contribution in [0.4, 0.5) is 17.1 Å². The molecule has 0 unspecified atom stereocenters. The molecule has 2 rings (SSSR count). The predicted octanol–water partition coefficient (Wildman–Crippen LogP) is 4.73. The fourth-order valence-corrected chi connectivity index (χ4v) is 2.33. The van der Waals surface area contributed by atoms with Gasteiger partial charge in [-0.25, -0.2) is 0 Å². The summed E-state index contributed by atoms with van der Waals surface area (Å²) in [4.78, 5) is 0. The van der Waals surface area contributed by atoms with Crippen molar-refractivity contribution in [2.45, 2.75) is 26.7 Å². The third kappa shape index (κ3) is 3.08. The fraction of sp³-hybridized carbons (Fsp3) is 0.294. The standard InChI is InChI=1S/C17H22N2/c1-4-8-14-10-7-9-13(2)17(14)19-16-12-6-5-11-15(16)18-3/h5-7,9-12,18-19H,4,8H2,1-3H3. The first-order chi connectivity index (χ1) is 9.26. The number of aryl methyl sites for hydroxylation is 2. The Labute approximate surface area is 115 Å². The minimum Gasteiger partial charge on any atom is -0.386 e. The summed E-state index contributed by atoms with van der Waals surface area (Å²) in [6, 6.07) is 14.8. The average molecular weight is 254 g/mol. The Balaban J connectivity index is 2.37. The lowest BCUT2D eigenvalue weighted by Crippen LogP contribution is -2.01. The van der Waals surface area contributed by atoms with Crippen molar-refractivity contribution in [2.75, 3.05) is 17.7 Å². The van der Waals surface area contributed by atoms with Gasteiger partial charge in [0.15, 0.2) is 0 Å². The molecule has 0 heterocycles. The van der Waals surface area contributed by atoms with E-state index in [0.717, 1.165) is 24.2 Å². The summed E-state index contributed by atoms with van der Waals surface area (Å²) in [6.07, 6.45) is 2.26. The number of anilines is 3. The van der Waals surface area contributed by atoms with Gasteiger partial charge in [0.25, 0.3) is 0 Å². The Kier molecular flexibility index (Phi) is 4.45. The van der Waals surface area contributed by atoms with Gasteiger partial charge in [-0.15, -0.1) is 0 Å². The summed E-state index contributed by atoms with van der Waals surface area (Å²) < 4.78 is 0. The van der Waals surface area contributed by atoms with Gasteiger partial charge in [-0.2, -0.15) is 0 Å². The lowest BCUT2D eigenvalue weighted by atomic mass is 10.0. The van der Waals surface area contributed by atoms with Crippen LogP contribution in [0.5, 0.6) is 0 Å². The monoisotopic (exact) mass is 254 g/mol.